The van der Waals surface area contributed by atoms with Crippen molar-refractivity contribution in [3.05, 3.63) is 29.6 Å². The fraction of sp³-hybridized carbons (Fsp3) is 0.125. The van der Waals surface area contributed by atoms with E-state index in [1.807, 2.05) is 0 Å². The van der Waals surface area contributed by atoms with Crippen molar-refractivity contribution in [2.75, 3.05) is 0 Å². The molecule has 0 N–H and O–H groups in total. The fourth-order valence-corrected chi connectivity index (χ4v) is 0.832. The van der Waals surface area contributed by atoms with Gasteiger partial charge in [-0.15, -0.1) is 0 Å². The van der Waals surface area contributed by atoms with E-state index in [2.05, 4.69) is 4.74 Å². The smallest absolute Gasteiger partial charge is 0.387 e. The van der Waals surface area contributed by atoms with Gasteiger partial charge in [-0.2, -0.15) is 8.78 Å². The molecule has 0 aliphatic carbocycles. The second-order valence-corrected chi connectivity index (χ2v) is 2.15. The quantitative estimate of drug-likeness (QED) is 0.683. The number of para-hydroxylation sites is 1. The molecule has 1 rings (SSSR count). The first-order valence-corrected chi connectivity index (χ1v) is 3.33. The molecule has 0 aliphatic heterocycles. The summed E-state index contributed by atoms with van der Waals surface area (Å²) in [5, 5.41) is 0. The van der Waals surface area contributed by atoms with Crippen LogP contribution >= 0.6 is 0 Å². The standard InChI is InChI=1S/C8H5F3O2/c9-6-3-1-2-5(4-12)7(6)13-8(10)11/h1-4,8H. The van der Waals surface area contributed by atoms with E-state index in [0.717, 1.165) is 6.07 Å². The van der Waals surface area contributed by atoms with Gasteiger partial charge >= 0.3 is 6.61 Å². The molecule has 0 fully saturated rings. The molecule has 70 valence electrons. The SMILES string of the molecule is O=Cc1cccc(F)c1OC(F)F. The fourth-order valence-electron chi connectivity index (χ4n) is 0.832. The summed E-state index contributed by atoms with van der Waals surface area (Å²) in [4.78, 5) is 10.3. The number of halogens is 3. The highest BCUT2D eigenvalue weighted by Crippen LogP contribution is 2.22. The lowest BCUT2D eigenvalue weighted by molar-refractivity contribution is -0.0524. The Morgan fingerprint density at radius 1 is 1.38 bits per heavy atom. The molecule has 0 radical (unpaired) electrons. The van der Waals surface area contributed by atoms with Gasteiger partial charge in [-0.3, -0.25) is 4.79 Å². The minimum Gasteiger partial charge on any atom is -0.431 e. The number of carbonyl (C=O) groups excluding carboxylic acids is 1. The molecule has 0 spiro atoms. The van der Waals surface area contributed by atoms with Gasteiger partial charge in [0.15, 0.2) is 17.9 Å². The Bertz CT molecular complexity index is 312. The van der Waals surface area contributed by atoms with Gasteiger partial charge in [0.2, 0.25) is 0 Å². The summed E-state index contributed by atoms with van der Waals surface area (Å²) < 4.78 is 40.0. The summed E-state index contributed by atoms with van der Waals surface area (Å²) >= 11 is 0. The zero-order valence-corrected chi connectivity index (χ0v) is 6.34. The summed E-state index contributed by atoms with van der Waals surface area (Å²) in [6.07, 6.45) is 0.251. The number of benzene rings is 1. The summed E-state index contributed by atoms with van der Waals surface area (Å²) in [6.45, 7) is -3.14. The highest BCUT2D eigenvalue weighted by Gasteiger charge is 2.13. The van der Waals surface area contributed by atoms with Crippen molar-refractivity contribution in [3.8, 4) is 5.75 Å². The van der Waals surface area contributed by atoms with Gasteiger partial charge < -0.3 is 4.74 Å². The largest absolute Gasteiger partial charge is 0.431 e. The molecule has 1 aromatic rings. The number of ether oxygens (including phenoxy) is 1. The van der Waals surface area contributed by atoms with Gasteiger partial charge in [0, 0.05) is 0 Å². The Morgan fingerprint density at radius 2 is 2.08 bits per heavy atom. The Morgan fingerprint density at radius 3 is 2.62 bits per heavy atom. The summed E-state index contributed by atoms with van der Waals surface area (Å²) in [7, 11) is 0. The lowest BCUT2D eigenvalue weighted by atomic mass is 10.2. The van der Waals surface area contributed by atoms with Crippen LogP contribution in [0.4, 0.5) is 13.2 Å². The highest BCUT2D eigenvalue weighted by atomic mass is 19.3. The first-order valence-electron chi connectivity index (χ1n) is 3.33. The van der Waals surface area contributed by atoms with Crippen molar-refractivity contribution in [3.63, 3.8) is 0 Å². The van der Waals surface area contributed by atoms with E-state index < -0.39 is 18.2 Å². The van der Waals surface area contributed by atoms with Crippen LogP contribution in [0, 0.1) is 5.82 Å². The summed E-state index contributed by atoms with van der Waals surface area (Å²) in [5.41, 5.74) is -0.236. The van der Waals surface area contributed by atoms with E-state index >= 15 is 0 Å². The normalized spacial score (nSPS) is 10.2. The Balaban J connectivity index is 3.07. The second kappa shape index (κ2) is 3.93. The molecular formula is C8H5F3O2. The third kappa shape index (κ3) is 2.21. The molecule has 0 aliphatic rings. The van der Waals surface area contributed by atoms with Gasteiger partial charge in [0.25, 0.3) is 0 Å². The van der Waals surface area contributed by atoms with E-state index in [4.69, 9.17) is 0 Å². The molecule has 0 amide bonds. The van der Waals surface area contributed by atoms with E-state index in [1.54, 1.807) is 0 Å². The Hall–Kier alpha value is -1.52. The van der Waals surface area contributed by atoms with E-state index in [1.165, 1.54) is 12.1 Å². The van der Waals surface area contributed by atoms with E-state index in [-0.39, 0.29) is 11.8 Å². The van der Waals surface area contributed by atoms with Crippen molar-refractivity contribution in [2.45, 2.75) is 6.61 Å². The van der Waals surface area contributed by atoms with Crippen LogP contribution < -0.4 is 4.74 Å². The molecule has 5 heteroatoms. The van der Waals surface area contributed by atoms with E-state index in [0.29, 0.717) is 0 Å². The molecule has 1 aromatic carbocycles. The van der Waals surface area contributed by atoms with Gasteiger partial charge in [0.1, 0.15) is 0 Å². The van der Waals surface area contributed by atoms with Crippen LogP contribution in [0.15, 0.2) is 18.2 Å². The van der Waals surface area contributed by atoms with Gasteiger partial charge in [-0.05, 0) is 12.1 Å². The molecule has 0 atom stereocenters. The zero-order chi connectivity index (χ0) is 9.84. The van der Waals surface area contributed by atoms with Gasteiger partial charge in [0.05, 0.1) is 5.56 Å². The first-order chi connectivity index (χ1) is 6.15. The van der Waals surface area contributed by atoms with Crippen molar-refractivity contribution >= 4 is 6.29 Å². The van der Waals surface area contributed by atoms with Crippen LogP contribution in [0.25, 0.3) is 0 Å². The summed E-state index contributed by atoms with van der Waals surface area (Å²) in [6, 6.07) is 3.36. The number of carbonyl (C=O) groups is 1. The maximum absolute atomic E-state index is 12.8. The third-order valence-corrected chi connectivity index (χ3v) is 1.33. The molecule has 0 aromatic heterocycles. The number of rotatable bonds is 3. The van der Waals surface area contributed by atoms with Crippen molar-refractivity contribution in [1.29, 1.82) is 0 Å². The molecule has 0 heterocycles. The number of aldehydes is 1. The molecular weight excluding hydrogens is 185 g/mol. The maximum atomic E-state index is 12.8. The van der Waals surface area contributed by atoms with Gasteiger partial charge in [-0.25, -0.2) is 4.39 Å². The lowest BCUT2D eigenvalue weighted by Crippen LogP contribution is -2.06. The molecule has 0 bridgehead atoms. The van der Waals surface area contributed by atoms with Crippen LogP contribution in [-0.4, -0.2) is 12.9 Å². The van der Waals surface area contributed by atoms with Crippen molar-refractivity contribution in [1.82, 2.24) is 0 Å². The number of hydrogen-bond acceptors (Lipinski definition) is 2. The van der Waals surface area contributed by atoms with Crippen molar-refractivity contribution < 1.29 is 22.7 Å². The number of hydrogen-bond donors (Lipinski definition) is 0. The van der Waals surface area contributed by atoms with Crippen LogP contribution in [0.3, 0.4) is 0 Å². The van der Waals surface area contributed by atoms with E-state index in [9.17, 15) is 18.0 Å². The zero-order valence-electron chi connectivity index (χ0n) is 6.34. The molecule has 0 saturated carbocycles. The summed E-state index contributed by atoms with van der Waals surface area (Å²) in [5.74, 6) is -1.70. The predicted molar refractivity (Wildman–Crippen MR) is 38.4 cm³/mol. The maximum Gasteiger partial charge on any atom is 0.387 e. The van der Waals surface area contributed by atoms with Crippen molar-refractivity contribution in [2.24, 2.45) is 0 Å². The monoisotopic (exact) mass is 190 g/mol. The van der Waals surface area contributed by atoms with Crippen LogP contribution in [0.2, 0.25) is 0 Å². The minimum absolute atomic E-state index is 0.236. The minimum atomic E-state index is -3.14. The average Bonchev–Trinajstić information content (AvgIpc) is 2.08. The van der Waals surface area contributed by atoms with Gasteiger partial charge in [-0.1, -0.05) is 6.07 Å². The number of alkyl halides is 2. The second-order valence-electron chi connectivity index (χ2n) is 2.15. The average molecular weight is 190 g/mol. The topological polar surface area (TPSA) is 26.3 Å². The Labute approximate surface area is 71.9 Å². The predicted octanol–water partition coefficient (Wildman–Crippen LogP) is 2.24. The van der Waals surface area contributed by atoms with Crippen LogP contribution in [0.1, 0.15) is 10.4 Å². The first kappa shape index (κ1) is 9.57. The molecule has 13 heavy (non-hydrogen) atoms. The lowest BCUT2D eigenvalue weighted by Gasteiger charge is -2.06. The molecule has 2 nitrogen and oxygen atoms in total. The third-order valence-electron chi connectivity index (χ3n) is 1.33. The highest BCUT2D eigenvalue weighted by molar-refractivity contribution is 5.79. The Kier molecular flexibility index (Phi) is 2.89. The molecule has 0 unspecified atom stereocenters. The van der Waals surface area contributed by atoms with Crippen LogP contribution in [0.5, 0.6) is 5.75 Å². The molecule has 0 saturated heterocycles. The van der Waals surface area contributed by atoms with Crippen LogP contribution in [-0.2, 0) is 0 Å².